The van der Waals surface area contributed by atoms with Gasteiger partial charge in [-0.3, -0.25) is 9.78 Å². The first kappa shape index (κ1) is 11.3. The third kappa shape index (κ3) is 1.47. The minimum atomic E-state index is -1.09. The number of H-pyrrole nitrogens is 2. The number of halogens is 4. The van der Waals surface area contributed by atoms with E-state index < -0.39 is 38.8 Å². The lowest BCUT2D eigenvalue weighted by Crippen LogP contribution is -2.23. The Morgan fingerprint density at radius 3 is 2.38 bits per heavy atom. The second-order valence-corrected chi connectivity index (χ2v) is 4.09. The van der Waals surface area contributed by atoms with Crippen LogP contribution in [0, 0.1) is 11.6 Å². The van der Waals surface area contributed by atoms with Crippen LogP contribution in [-0.4, -0.2) is 9.97 Å². The number of fused-ring (bicyclic) bond motifs is 1. The maximum Gasteiger partial charge on any atom is 0.326 e. The van der Waals surface area contributed by atoms with Gasteiger partial charge in [0.15, 0.2) is 11.6 Å². The fourth-order valence-corrected chi connectivity index (χ4v) is 1.82. The van der Waals surface area contributed by atoms with E-state index in [1.807, 2.05) is 4.98 Å². The van der Waals surface area contributed by atoms with E-state index in [-0.39, 0.29) is 4.47 Å². The molecule has 1 heterocycles. The predicted molar refractivity (Wildman–Crippen MR) is 57.8 cm³/mol. The molecule has 4 nitrogen and oxygen atoms in total. The summed E-state index contributed by atoms with van der Waals surface area (Å²) >= 11 is 8.19. The van der Waals surface area contributed by atoms with Crippen LogP contribution in [0.2, 0.25) is 5.02 Å². The molecule has 2 aromatic rings. The minimum Gasteiger partial charge on any atom is -0.304 e. The van der Waals surface area contributed by atoms with Crippen molar-refractivity contribution in [3.63, 3.8) is 0 Å². The van der Waals surface area contributed by atoms with Crippen LogP contribution >= 0.6 is 27.5 Å². The molecule has 1 aromatic heterocycles. The van der Waals surface area contributed by atoms with Crippen molar-refractivity contribution in [2.24, 2.45) is 0 Å². The van der Waals surface area contributed by atoms with E-state index in [0.29, 0.717) is 0 Å². The van der Waals surface area contributed by atoms with Crippen molar-refractivity contribution >= 4 is 38.4 Å². The summed E-state index contributed by atoms with van der Waals surface area (Å²) in [6.45, 7) is 0. The molecule has 0 aliphatic heterocycles. The Labute approximate surface area is 99.4 Å². The molecule has 16 heavy (non-hydrogen) atoms. The number of hydrogen-bond donors (Lipinski definition) is 2. The van der Waals surface area contributed by atoms with Crippen molar-refractivity contribution in [2.45, 2.75) is 0 Å². The Morgan fingerprint density at radius 1 is 1.12 bits per heavy atom. The zero-order valence-corrected chi connectivity index (χ0v) is 9.67. The second kappa shape index (κ2) is 3.67. The quantitative estimate of drug-likeness (QED) is 0.576. The molecule has 0 fully saturated rings. The van der Waals surface area contributed by atoms with E-state index in [1.54, 1.807) is 4.98 Å². The summed E-state index contributed by atoms with van der Waals surface area (Å²) in [7, 11) is 0. The van der Waals surface area contributed by atoms with E-state index in [9.17, 15) is 18.4 Å². The van der Waals surface area contributed by atoms with Crippen LogP contribution in [0.5, 0.6) is 0 Å². The summed E-state index contributed by atoms with van der Waals surface area (Å²) in [4.78, 5) is 26.0. The van der Waals surface area contributed by atoms with Gasteiger partial charge in [0.1, 0.15) is 5.39 Å². The van der Waals surface area contributed by atoms with Crippen LogP contribution in [0.3, 0.4) is 0 Å². The van der Waals surface area contributed by atoms with Gasteiger partial charge in [-0.25, -0.2) is 13.6 Å². The largest absolute Gasteiger partial charge is 0.326 e. The molecule has 0 unspecified atom stereocenters. The second-order valence-electron chi connectivity index (χ2n) is 2.91. The average Bonchev–Trinajstić information content (AvgIpc) is 2.22. The molecular formula is C8H2BrClF2N2O2. The van der Waals surface area contributed by atoms with Gasteiger partial charge in [-0.1, -0.05) is 11.6 Å². The fourth-order valence-electron chi connectivity index (χ4n) is 1.27. The monoisotopic (exact) mass is 310 g/mol. The highest BCUT2D eigenvalue weighted by Gasteiger charge is 2.20. The van der Waals surface area contributed by atoms with Gasteiger partial charge in [0.25, 0.3) is 5.56 Å². The average molecular weight is 311 g/mol. The normalized spacial score (nSPS) is 11.0. The Hall–Kier alpha value is -1.21. The SMILES string of the molecule is O=c1[nH]c(=O)c2c(F)c(Cl)c(Br)c(F)c2[nH]1. The van der Waals surface area contributed by atoms with Gasteiger partial charge < -0.3 is 4.98 Å². The van der Waals surface area contributed by atoms with Crippen molar-refractivity contribution in [2.75, 3.05) is 0 Å². The molecule has 8 heteroatoms. The van der Waals surface area contributed by atoms with Gasteiger partial charge in [0.05, 0.1) is 15.0 Å². The van der Waals surface area contributed by atoms with Crippen molar-refractivity contribution in [1.82, 2.24) is 9.97 Å². The molecule has 2 rings (SSSR count). The summed E-state index contributed by atoms with van der Waals surface area (Å²) in [6.07, 6.45) is 0. The van der Waals surface area contributed by atoms with Gasteiger partial charge in [-0.2, -0.15) is 0 Å². The van der Waals surface area contributed by atoms with E-state index in [0.717, 1.165) is 0 Å². The smallest absolute Gasteiger partial charge is 0.304 e. The van der Waals surface area contributed by atoms with Crippen LogP contribution in [0.1, 0.15) is 0 Å². The van der Waals surface area contributed by atoms with Crippen molar-refractivity contribution in [3.05, 3.63) is 42.0 Å². The molecule has 0 saturated heterocycles. The number of benzene rings is 1. The Bertz CT molecular complexity index is 710. The molecule has 0 radical (unpaired) electrons. The predicted octanol–water partition coefficient (Wildman–Crippen LogP) is 1.91. The Kier molecular flexibility index (Phi) is 2.59. The standard InChI is InChI=1S/C8H2BrClF2N2O2/c9-2-3(10)4(11)1-6(5(2)12)13-8(16)14-7(1)15/h(H2,13,14,15,16). The molecule has 0 spiro atoms. The van der Waals surface area contributed by atoms with Crippen LogP contribution < -0.4 is 11.2 Å². The first-order valence-electron chi connectivity index (χ1n) is 3.91. The minimum absolute atomic E-state index is 0.347. The number of aromatic amines is 2. The molecule has 0 amide bonds. The lowest BCUT2D eigenvalue weighted by molar-refractivity contribution is 0.608. The van der Waals surface area contributed by atoms with Crippen LogP contribution in [0.25, 0.3) is 10.9 Å². The van der Waals surface area contributed by atoms with E-state index in [2.05, 4.69) is 15.9 Å². The number of aromatic nitrogens is 2. The first-order chi connectivity index (χ1) is 7.43. The van der Waals surface area contributed by atoms with Gasteiger partial charge in [0, 0.05) is 0 Å². The lowest BCUT2D eigenvalue weighted by atomic mass is 10.2. The molecule has 0 atom stereocenters. The summed E-state index contributed by atoms with van der Waals surface area (Å²) in [5.41, 5.74) is -2.49. The van der Waals surface area contributed by atoms with Crippen molar-refractivity contribution in [1.29, 1.82) is 0 Å². The topological polar surface area (TPSA) is 65.7 Å². The van der Waals surface area contributed by atoms with Crippen molar-refractivity contribution < 1.29 is 8.78 Å². The fraction of sp³-hybridized carbons (Fsp3) is 0. The van der Waals surface area contributed by atoms with Gasteiger partial charge in [-0.05, 0) is 15.9 Å². The van der Waals surface area contributed by atoms with E-state index in [1.165, 1.54) is 0 Å². The van der Waals surface area contributed by atoms with Crippen LogP contribution in [0.4, 0.5) is 8.78 Å². The summed E-state index contributed by atoms with van der Waals surface area (Å²) in [5.74, 6) is -2.09. The molecule has 84 valence electrons. The number of hydrogen-bond acceptors (Lipinski definition) is 2. The van der Waals surface area contributed by atoms with E-state index in [4.69, 9.17) is 11.6 Å². The molecule has 0 bridgehead atoms. The highest BCUT2D eigenvalue weighted by atomic mass is 79.9. The van der Waals surface area contributed by atoms with Gasteiger partial charge >= 0.3 is 5.69 Å². The summed E-state index contributed by atoms with van der Waals surface area (Å²) < 4.78 is 26.8. The highest BCUT2D eigenvalue weighted by Crippen LogP contribution is 2.32. The maximum absolute atomic E-state index is 13.6. The van der Waals surface area contributed by atoms with E-state index >= 15 is 0 Å². The van der Waals surface area contributed by atoms with Crippen molar-refractivity contribution in [3.8, 4) is 0 Å². The number of nitrogens with one attached hydrogen (secondary N) is 2. The summed E-state index contributed by atoms with van der Waals surface area (Å²) in [6, 6.07) is 0. The number of rotatable bonds is 0. The maximum atomic E-state index is 13.6. The molecule has 2 N–H and O–H groups in total. The molecule has 0 saturated carbocycles. The molecule has 1 aromatic carbocycles. The zero-order valence-electron chi connectivity index (χ0n) is 7.33. The molecular weight excluding hydrogens is 309 g/mol. The third-order valence-electron chi connectivity index (χ3n) is 1.96. The highest BCUT2D eigenvalue weighted by molar-refractivity contribution is 9.10. The zero-order chi connectivity index (χ0) is 12.0. The van der Waals surface area contributed by atoms with Crippen LogP contribution in [0.15, 0.2) is 14.1 Å². The third-order valence-corrected chi connectivity index (χ3v) is 3.29. The van der Waals surface area contributed by atoms with Crippen LogP contribution in [-0.2, 0) is 0 Å². The Balaban J connectivity index is 3.21. The molecule has 0 aliphatic rings. The lowest BCUT2D eigenvalue weighted by Gasteiger charge is -2.04. The first-order valence-corrected chi connectivity index (χ1v) is 5.09. The summed E-state index contributed by atoms with van der Waals surface area (Å²) in [5, 5.41) is -1.17. The molecule has 0 aliphatic carbocycles. The Morgan fingerprint density at radius 2 is 1.75 bits per heavy atom. The van der Waals surface area contributed by atoms with Gasteiger partial charge in [0.2, 0.25) is 0 Å². The van der Waals surface area contributed by atoms with Gasteiger partial charge in [-0.15, -0.1) is 0 Å².